The summed E-state index contributed by atoms with van der Waals surface area (Å²) in [5, 5.41) is 10.0. The molecule has 3 fully saturated rings. The van der Waals surface area contributed by atoms with Crippen molar-refractivity contribution in [2.75, 3.05) is 29.4 Å². The summed E-state index contributed by atoms with van der Waals surface area (Å²) < 4.78 is 22.2. The topological polar surface area (TPSA) is 183 Å². The Bertz CT molecular complexity index is 2010. The lowest BCUT2D eigenvalue weighted by Gasteiger charge is -2.55. The predicted molar refractivity (Wildman–Crippen MR) is 187 cm³/mol. The van der Waals surface area contributed by atoms with E-state index in [1.807, 2.05) is 58.0 Å². The molecule has 0 radical (unpaired) electrons. The second-order valence-electron chi connectivity index (χ2n) is 14.1. The summed E-state index contributed by atoms with van der Waals surface area (Å²) in [4.78, 5) is 62.5. The molecule has 4 aliphatic rings. The van der Waals surface area contributed by atoms with Crippen LogP contribution in [0.4, 0.5) is 11.4 Å². The van der Waals surface area contributed by atoms with Gasteiger partial charge in [0.05, 0.1) is 36.9 Å². The number of carbonyl (C=O) groups excluding carboxylic acids is 4. The Labute approximate surface area is 300 Å². The fourth-order valence-electron chi connectivity index (χ4n) is 8.05. The first-order valence-electron chi connectivity index (χ1n) is 17.4. The molecule has 0 saturated carbocycles. The molecule has 8 rings (SSSR count). The van der Waals surface area contributed by atoms with E-state index >= 15 is 0 Å². The highest BCUT2D eigenvalue weighted by Gasteiger charge is 2.62. The highest BCUT2D eigenvalue weighted by atomic mass is 16.5. The van der Waals surface area contributed by atoms with E-state index in [2.05, 4.69) is 35.4 Å². The van der Waals surface area contributed by atoms with E-state index < -0.39 is 23.3 Å². The van der Waals surface area contributed by atoms with Gasteiger partial charge in [-0.25, -0.2) is 0 Å². The molecule has 6 heterocycles. The van der Waals surface area contributed by atoms with Gasteiger partial charge in [0.1, 0.15) is 5.41 Å². The van der Waals surface area contributed by atoms with Gasteiger partial charge in [-0.1, -0.05) is 10.3 Å². The van der Waals surface area contributed by atoms with Gasteiger partial charge in [0.15, 0.2) is 23.7 Å². The Hall–Kier alpha value is -5.28. The van der Waals surface area contributed by atoms with E-state index in [4.69, 9.17) is 18.5 Å². The van der Waals surface area contributed by atoms with Crippen LogP contribution in [-0.2, 0) is 30.3 Å². The van der Waals surface area contributed by atoms with Gasteiger partial charge in [-0.3, -0.25) is 24.5 Å². The number of ether oxygens (including phenoxy) is 2. The van der Waals surface area contributed by atoms with E-state index in [0.717, 1.165) is 47.4 Å². The second kappa shape index (κ2) is 13.7. The van der Waals surface area contributed by atoms with Crippen LogP contribution < -0.4 is 15.1 Å². The molecule has 272 valence electrons. The van der Waals surface area contributed by atoms with Crippen LogP contribution in [0.5, 0.6) is 0 Å². The maximum Gasteiger partial charge on any atom is 0.257 e. The van der Waals surface area contributed by atoms with Crippen molar-refractivity contribution in [3.05, 3.63) is 59.2 Å². The van der Waals surface area contributed by atoms with Crippen molar-refractivity contribution in [2.24, 2.45) is 5.41 Å². The number of fused-ring (bicyclic) bond motifs is 4. The number of nitrogens with one attached hydrogen (secondary N) is 1. The van der Waals surface area contributed by atoms with E-state index in [1.165, 1.54) is 0 Å². The first-order valence-corrected chi connectivity index (χ1v) is 17.4. The molecule has 0 aliphatic carbocycles. The first-order chi connectivity index (χ1) is 24.9. The van der Waals surface area contributed by atoms with Gasteiger partial charge in [-0.15, -0.1) is 0 Å². The lowest BCUT2D eigenvalue weighted by atomic mass is 9.63. The molecule has 6 atom stereocenters. The number of aldehydes is 1. The quantitative estimate of drug-likeness (QED) is 0.184. The van der Waals surface area contributed by atoms with Crippen LogP contribution in [0.1, 0.15) is 61.7 Å². The SMILES string of the molecule is Cc1noc(-c2ccc(N3CC(C)OC(C)C3)c(C=O)c2)n1.Cc1noc(-c2ccc3c(c2)CC2(C(=O)CC(=O)NC2=O)[C@H]2[C@H](C)O[C@H](C)CN32)n1. The van der Waals surface area contributed by atoms with Gasteiger partial charge in [0.2, 0.25) is 11.8 Å². The first kappa shape index (κ1) is 35.1. The number of piperidine rings is 1. The zero-order chi connectivity index (χ0) is 36.9. The van der Waals surface area contributed by atoms with Crippen LogP contribution in [0, 0.1) is 19.3 Å². The standard InChI is InChI=1S/C21H22N4O5.C16H19N3O3/c1-10-9-25-15-5-4-13(19-22-12(3)24-30-19)6-14(15)8-21(18(25)11(2)29-10)16(26)7-17(27)23-20(21)28;1-10-7-19(8-11(2)21-10)15-5-4-13(6-14(15)9-20)16-17-12(3)18-22-16/h4-6,10-11,18H,7-9H2,1-3H3,(H,23,27,28);4-6,9-11H,7-8H2,1-3H3/t10-,11+,18-,21?;/m1./s1. The van der Waals surface area contributed by atoms with Crippen molar-refractivity contribution in [1.29, 1.82) is 0 Å². The van der Waals surface area contributed by atoms with E-state index in [-0.39, 0.29) is 43.0 Å². The van der Waals surface area contributed by atoms with Crippen molar-refractivity contribution >= 4 is 35.3 Å². The Morgan fingerprint density at radius 3 is 1.98 bits per heavy atom. The van der Waals surface area contributed by atoms with Crippen molar-refractivity contribution < 1.29 is 37.7 Å². The van der Waals surface area contributed by atoms with E-state index in [1.54, 1.807) is 19.9 Å². The molecule has 15 heteroatoms. The molecule has 4 aliphatic heterocycles. The maximum atomic E-state index is 13.2. The molecule has 2 aromatic carbocycles. The highest BCUT2D eigenvalue weighted by molar-refractivity contribution is 6.22. The van der Waals surface area contributed by atoms with Crippen molar-refractivity contribution in [2.45, 2.75) is 84.8 Å². The summed E-state index contributed by atoms with van der Waals surface area (Å²) >= 11 is 0. The zero-order valence-electron chi connectivity index (χ0n) is 29.9. The van der Waals surface area contributed by atoms with Crippen LogP contribution >= 0.6 is 0 Å². The molecule has 3 saturated heterocycles. The number of amides is 2. The fraction of sp³-hybridized carbons (Fsp3) is 0.459. The van der Waals surface area contributed by atoms with Crippen molar-refractivity contribution in [3.63, 3.8) is 0 Å². The lowest BCUT2D eigenvalue weighted by Crippen LogP contribution is -2.72. The zero-order valence-corrected chi connectivity index (χ0v) is 29.9. The minimum absolute atomic E-state index is 0.0686. The molecular weight excluding hydrogens is 670 g/mol. The van der Waals surface area contributed by atoms with Gasteiger partial charge in [-0.05, 0) is 89.9 Å². The Morgan fingerprint density at radius 2 is 1.40 bits per heavy atom. The van der Waals surface area contributed by atoms with Crippen LogP contribution in [0.15, 0.2) is 45.4 Å². The molecule has 0 bridgehead atoms. The number of imide groups is 1. The van der Waals surface area contributed by atoms with Crippen LogP contribution in [0.2, 0.25) is 0 Å². The van der Waals surface area contributed by atoms with E-state index in [0.29, 0.717) is 35.5 Å². The second-order valence-corrected chi connectivity index (χ2v) is 14.1. The average molecular weight is 712 g/mol. The fourth-order valence-corrected chi connectivity index (χ4v) is 8.05. The number of carbonyl (C=O) groups is 4. The predicted octanol–water partition coefficient (Wildman–Crippen LogP) is 3.66. The number of morpholine rings is 2. The number of ketones is 1. The molecule has 2 aromatic heterocycles. The molecule has 1 N–H and O–H groups in total. The van der Waals surface area contributed by atoms with Gasteiger partial charge in [0.25, 0.3) is 11.8 Å². The molecule has 52 heavy (non-hydrogen) atoms. The Balaban J connectivity index is 0.000000170. The number of nitrogens with zero attached hydrogens (tertiary/aromatic N) is 6. The third kappa shape index (κ3) is 6.38. The number of hydrogen-bond acceptors (Lipinski definition) is 14. The molecule has 4 aromatic rings. The van der Waals surface area contributed by atoms with Gasteiger partial charge in [0, 0.05) is 47.7 Å². The number of hydrogen-bond donors (Lipinski definition) is 1. The summed E-state index contributed by atoms with van der Waals surface area (Å²) in [5.41, 5.74) is 3.40. The molecular formula is C37H41N7O8. The number of anilines is 2. The Morgan fingerprint density at radius 1 is 0.808 bits per heavy atom. The Kier molecular flexibility index (Phi) is 9.25. The van der Waals surface area contributed by atoms with Crippen LogP contribution in [0.25, 0.3) is 22.9 Å². The largest absolute Gasteiger partial charge is 0.372 e. The molecule has 2 amide bonds. The summed E-state index contributed by atoms with van der Waals surface area (Å²) in [6.07, 6.45) is 0.597. The number of Topliss-reactive ketones (excluding diaryl/α,β-unsaturated/α-hetero) is 1. The van der Waals surface area contributed by atoms with Crippen molar-refractivity contribution in [1.82, 2.24) is 25.6 Å². The van der Waals surface area contributed by atoms with Crippen LogP contribution in [-0.4, -0.2) is 94.3 Å². The van der Waals surface area contributed by atoms with Gasteiger partial charge < -0.3 is 28.3 Å². The minimum atomic E-state index is -1.39. The smallest absolute Gasteiger partial charge is 0.257 e. The number of aryl methyl sites for hydroxylation is 2. The molecule has 3 unspecified atom stereocenters. The minimum Gasteiger partial charge on any atom is -0.372 e. The van der Waals surface area contributed by atoms with Crippen LogP contribution in [0.3, 0.4) is 0 Å². The summed E-state index contributed by atoms with van der Waals surface area (Å²) in [6.45, 7) is 13.5. The number of rotatable bonds is 4. The molecule has 1 spiro atoms. The monoisotopic (exact) mass is 711 g/mol. The summed E-state index contributed by atoms with van der Waals surface area (Å²) in [7, 11) is 0. The average Bonchev–Trinajstić information content (AvgIpc) is 3.74. The summed E-state index contributed by atoms with van der Waals surface area (Å²) in [5.74, 6) is 0.439. The maximum absolute atomic E-state index is 13.2. The third-order valence-corrected chi connectivity index (χ3v) is 9.98. The summed E-state index contributed by atoms with van der Waals surface area (Å²) in [6, 6.07) is 10.9. The highest BCUT2D eigenvalue weighted by Crippen LogP contribution is 2.48. The van der Waals surface area contributed by atoms with Gasteiger partial charge >= 0.3 is 0 Å². The van der Waals surface area contributed by atoms with Gasteiger partial charge in [-0.2, -0.15) is 9.97 Å². The normalized spacial score (nSPS) is 27.0. The lowest BCUT2D eigenvalue weighted by molar-refractivity contribution is -0.158. The number of aromatic nitrogens is 4. The number of benzene rings is 2. The van der Waals surface area contributed by atoms with Crippen molar-refractivity contribution in [3.8, 4) is 22.9 Å². The van der Waals surface area contributed by atoms with E-state index in [9.17, 15) is 19.2 Å². The molecule has 15 nitrogen and oxygen atoms in total. The third-order valence-electron chi connectivity index (χ3n) is 9.98.